The van der Waals surface area contributed by atoms with Crippen molar-refractivity contribution in [3.05, 3.63) is 42.1 Å². The van der Waals surface area contributed by atoms with Crippen molar-refractivity contribution in [2.45, 2.75) is 20.4 Å². The molecule has 0 bridgehead atoms. The Morgan fingerprint density at radius 2 is 1.88 bits per heavy atom. The van der Waals surface area contributed by atoms with E-state index in [4.69, 9.17) is 4.98 Å². The van der Waals surface area contributed by atoms with Gasteiger partial charge < -0.3 is 14.7 Å². The highest BCUT2D eigenvalue weighted by molar-refractivity contribution is 5.73. The summed E-state index contributed by atoms with van der Waals surface area (Å²) in [5.74, 6) is 1.57. The van der Waals surface area contributed by atoms with Crippen LogP contribution >= 0.6 is 0 Å². The minimum atomic E-state index is 0.118. The maximum absolute atomic E-state index is 11.5. The van der Waals surface area contributed by atoms with Gasteiger partial charge >= 0.3 is 0 Å². The summed E-state index contributed by atoms with van der Waals surface area (Å²) in [5, 5.41) is 8.34. The van der Waals surface area contributed by atoms with Crippen molar-refractivity contribution in [3.8, 4) is 0 Å². The zero-order valence-corrected chi connectivity index (χ0v) is 14.8. The second-order valence-electron chi connectivity index (χ2n) is 6.11. The van der Waals surface area contributed by atoms with Crippen molar-refractivity contribution >= 4 is 17.7 Å². The molecule has 1 aliphatic rings. The lowest BCUT2D eigenvalue weighted by Crippen LogP contribution is -2.48. The molecule has 0 spiro atoms. The van der Waals surface area contributed by atoms with Gasteiger partial charge in [-0.2, -0.15) is 10.1 Å². The number of nitrogens with zero attached hydrogens (tertiary/aromatic N) is 6. The summed E-state index contributed by atoms with van der Waals surface area (Å²) >= 11 is 0. The van der Waals surface area contributed by atoms with Gasteiger partial charge in [0.15, 0.2) is 5.82 Å². The lowest BCUT2D eigenvalue weighted by atomic mass is 10.2. The van der Waals surface area contributed by atoms with E-state index in [0.29, 0.717) is 19.0 Å². The average Bonchev–Trinajstić information content (AvgIpc) is 2.67. The Bertz CT molecular complexity index is 700. The quantitative estimate of drug-likeness (QED) is 0.823. The van der Waals surface area contributed by atoms with Crippen LogP contribution in [0.1, 0.15) is 19.4 Å². The molecule has 1 amide bonds. The molecule has 1 fully saturated rings. The van der Waals surface area contributed by atoms with Crippen molar-refractivity contribution < 1.29 is 4.79 Å². The Kier molecular flexibility index (Phi) is 5.42. The van der Waals surface area contributed by atoms with Crippen LogP contribution in [0, 0.1) is 0 Å². The van der Waals surface area contributed by atoms with Gasteiger partial charge in [-0.05, 0) is 12.5 Å². The summed E-state index contributed by atoms with van der Waals surface area (Å²) in [6.45, 7) is 8.20. The molecule has 25 heavy (non-hydrogen) atoms. The highest BCUT2D eigenvalue weighted by atomic mass is 16.2. The molecule has 3 rings (SSSR count). The Labute approximate surface area is 148 Å². The van der Waals surface area contributed by atoms with Gasteiger partial charge in [0.25, 0.3) is 0 Å². The first-order valence-corrected chi connectivity index (χ1v) is 8.66. The Hall–Kier alpha value is -2.70. The summed E-state index contributed by atoms with van der Waals surface area (Å²) in [7, 11) is 0. The van der Waals surface area contributed by atoms with E-state index in [-0.39, 0.29) is 5.91 Å². The largest absolute Gasteiger partial charge is 0.351 e. The summed E-state index contributed by atoms with van der Waals surface area (Å²) < 4.78 is 0. The van der Waals surface area contributed by atoms with Crippen LogP contribution in [0.15, 0.2) is 36.5 Å². The second-order valence-corrected chi connectivity index (χ2v) is 6.11. The van der Waals surface area contributed by atoms with Crippen molar-refractivity contribution in [1.82, 2.24) is 20.1 Å². The van der Waals surface area contributed by atoms with Crippen LogP contribution < -0.4 is 9.80 Å². The summed E-state index contributed by atoms with van der Waals surface area (Å²) in [5.41, 5.74) is 1.24. The Balaban J connectivity index is 1.71. The number of carbonyl (C=O) groups excluding carboxylic acids is 1. The van der Waals surface area contributed by atoms with Crippen LogP contribution in [0.3, 0.4) is 0 Å². The number of benzene rings is 1. The molecule has 0 unspecified atom stereocenters. The maximum atomic E-state index is 11.5. The number of aromatic nitrogens is 3. The molecule has 1 aromatic heterocycles. The summed E-state index contributed by atoms with van der Waals surface area (Å²) in [6.07, 6.45) is 1.71. The molecule has 0 N–H and O–H groups in total. The van der Waals surface area contributed by atoms with Crippen molar-refractivity contribution in [1.29, 1.82) is 0 Å². The third-order valence-corrected chi connectivity index (χ3v) is 4.46. The summed E-state index contributed by atoms with van der Waals surface area (Å²) in [4.78, 5) is 22.3. The van der Waals surface area contributed by atoms with Crippen LogP contribution in [-0.2, 0) is 11.3 Å². The van der Waals surface area contributed by atoms with E-state index in [2.05, 4.69) is 39.1 Å². The van der Waals surface area contributed by atoms with E-state index in [9.17, 15) is 4.79 Å². The summed E-state index contributed by atoms with van der Waals surface area (Å²) in [6, 6.07) is 10.3. The highest BCUT2D eigenvalue weighted by Crippen LogP contribution is 2.17. The molecule has 0 aliphatic carbocycles. The molecular weight excluding hydrogens is 316 g/mol. The zero-order chi connectivity index (χ0) is 17.6. The van der Waals surface area contributed by atoms with Gasteiger partial charge in [-0.25, -0.2) is 0 Å². The number of rotatable bonds is 5. The van der Waals surface area contributed by atoms with E-state index in [1.807, 2.05) is 23.1 Å². The van der Waals surface area contributed by atoms with E-state index in [0.717, 1.165) is 32.0 Å². The molecule has 1 aromatic carbocycles. The monoisotopic (exact) mass is 340 g/mol. The van der Waals surface area contributed by atoms with Gasteiger partial charge in [-0.3, -0.25) is 4.79 Å². The van der Waals surface area contributed by atoms with Crippen LogP contribution in [0.2, 0.25) is 0 Å². The number of piperazine rings is 1. The van der Waals surface area contributed by atoms with Crippen molar-refractivity contribution in [3.63, 3.8) is 0 Å². The van der Waals surface area contributed by atoms with Crippen molar-refractivity contribution in [2.24, 2.45) is 0 Å². The molecule has 0 atom stereocenters. The second kappa shape index (κ2) is 7.92. The molecule has 2 aromatic rings. The average molecular weight is 340 g/mol. The molecule has 1 aliphatic heterocycles. The SMILES string of the molecule is CCN(Cc1ccccc1)c1cnnc(N2CCN(C(C)=O)CC2)n1. The van der Waals surface area contributed by atoms with Crippen LogP contribution in [0.25, 0.3) is 0 Å². The van der Waals surface area contributed by atoms with Crippen molar-refractivity contribution in [2.75, 3.05) is 42.5 Å². The third-order valence-electron chi connectivity index (χ3n) is 4.46. The molecule has 7 nitrogen and oxygen atoms in total. The van der Waals surface area contributed by atoms with Gasteiger partial charge in [-0.1, -0.05) is 30.3 Å². The predicted octanol–water partition coefficient (Wildman–Crippen LogP) is 1.57. The van der Waals surface area contributed by atoms with Gasteiger partial charge in [0.05, 0.1) is 6.20 Å². The standard InChI is InChI=1S/C18H24N6O/c1-3-22(14-16-7-5-4-6-8-16)17-13-19-21-18(20-17)24-11-9-23(10-12-24)15(2)25/h4-8,13H,3,9-12,14H2,1-2H3. The minimum Gasteiger partial charge on any atom is -0.351 e. The number of anilines is 2. The third kappa shape index (κ3) is 4.23. The molecule has 1 saturated heterocycles. The molecular formula is C18H24N6O. The Morgan fingerprint density at radius 1 is 1.16 bits per heavy atom. The smallest absolute Gasteiger partial charge is 0.247 e. The predicted molar refractivity (Wildman–Crippen MR) is 97.5 cm³/mol. The fraction of sp³-hybridized carbons (Fsp3) is 0.444. The number of carbonyl (C=O) groups is 1. The van der Waals surface area contributed by atoms with Gasteiger partial charge in [0.2, 0.25) is 11.9 Å². The highest BCUT2D eigenvalue weighted by Gasteiger charge is 2.21. The first-order chi connectivity index (χ1) is 12.2. The minimum absolute atomic E-state index is 0.118. The van der Waals surface area contributed by atoms with E-state index in [1.54, 1.807) is 13.1 Å². The molecule has 0 saturated carbocycles. The van der Waals surface area contributed by atoms with E-state index in [1.165, 1.54) is 5.56 Å². The molecule has 7 heteroatoms. The van der Waals surface area contributed by atoms with E-state index >= 15 is 0 Å². The lowest BCUT2D eigenvalue weighted by molar-refractivity contribution is -0.129. The fourth-order valence-corrected chi connectivity index (χ4v) is 2.95. The normalized spacial score (nSPS) is 14.5. The lowest BCUT2D eigenvalue weighted by Gasteiger charge is -2.34. The molecule has 2 heterocycles. The van der Waals surface area contributed by atoms with E-state index < -0.39 is 0 Å². The van der Waals surface area contributed by atoms with Crippen LogP contribution in [0.4, 0.5) is 11.8 Å². The molecule has 132 valence electrons. The van der Waals surface area contributed by atoms with Crippen LogP contribution in [-0.4, -0.2) is 58.7 Å². The van der Waals surface area contributed by atoms with Crippen LogP contribution in [0.5, 0.6) is 0 Å². The topological polar surface area (TPSA) is 65.5 Å². The number of hydrogen-bond donors (Lipinski definition) is 0. The maximum Gasteiger partial charge on any atom is 0.247 e. The molecule has 0 radical (unpaired) electrons. The number of hydrogen-bond acceptors (Lipinski definition) is 6. The van der Waals surface area contributed by atoms with Gasteiger partial charge in [-0.15, -0.1) is 5.10 Å². The zero-order valence-electron chi connectivity index (χ0n) is 14.8. The fourth-order valence-electron chi connectivity index (χ4n) is 2.95. The van der Waals surface area contributed by atoms with Gasteiger partial charge in [0, 0.05) is 46.2 Å². The number of amides is 1. The first kappa shape index (κ1) is 17.1. The van der Waals surface area contributed by atoms with Gasteiger partial charge in [0.1, 0.15) is 0 Å². The first-order valence-electron chi connectivity index (χ1n) is 8.66. The Morgan fingerprint density at radius 3 is 2.52 bits per heavy atom.